The molecule has 2 aliphatic heterocycles. The van der Waals surface area contributed by atoms with E-state index >= 15 is 0 Å². The summed E-state index contributed by atoms with van der Waals surface area (Å²) in [5.74, 6) is 0.810. The predicted octanol–water partition coefficient (Wildman–Crippen LogP) is 1.29. The molecule has 3 aromatic rings. The van der Waals surface area contributed by atoms with E-state index < -0.39 is 12.2 Å². The van der Waals surface area contributed by atoms with Crippen molar-refractivity contribution in [3.05, 3.63) is 46.8 Å². The molecule has 0 bridgehead atoms. The number of nitrogens with two attached hydrogens (primary N) is 1. The fraction of sp³-hybridized carbons (Fsp3) is 0.407. The van der Waals surface area contributed by atoms with Crippen LogP contribution in [0.1, 0.15) is 19.3 Å². The van der Waals surface area contributed by atoms with Gasteiger partial charge in [-0.3, -0.25) is 23.9 Å². The highest BCUT2D eigenvalue weighted by molar-refractivity contribution is 5.95. The summed E-state index contributed by atoms with van der Waals surface area (Å²) < 4.78 is 17.9. The summed E-state index contributed by atoms with van der Waals surface area (Å²) in [5, 5.41) is 3.42. The number of pyridine rings is 3. The summed E-state index contributed by atoms with van der Waals surface area (Å²) in [7, 11) is 1.50. The molecule has 15 heteroatoms. The van der Waals surface area contributed by atoms with Crippen molar-refractivity contribution in [2.24, 2.45) is 5.73 Å². The molecule has 2 fully saturated rings. The van der Waals surface area contributed by atoms with Crippen molar-refractivity contribution < 1.29 is 28.6 Å². The third kappa shape index (κ3) is 5.30. The fourth-order valence-corrected chi connectivity index (χ4v) is 5.78. The Hall–Kier alpha value is -4.43. The Labute approximate surface area is 246 Å². The van der Waals surface area contributed by atoms with E-state index in [2.05, 4.69) is 15.3 Å². The Morgan fingerprint density at radius 3 is 2.74 bits per heavy atom. The van der Waals surface area contributed by atoms with Gasteiger partial charge >= 0.3 is 6.09 Å². The van der Waals surface area contributed by atoms with Gasteiger partial charge in [0.1, 0.15) is 17.6 Å². The summed E-state index contributed by atoms with van der Waals surface area (Å²) in [6, 6.07) is 9.47. The molecule has 1 saturated carbocycles. The molecule has 6 rings (SSSR count). The van der Waals surface area contributed by atoms with Gasteiger partial charge in [0.05, 0.1) is 19.7 Å². The van der Waals surface area contributed by atoms with Gasteiger partial charge in [0, 0.05) is 43.1 Å². The van der Waals surface area contributed by atoms with Gasteiger partial charge in [-0.2, -0.15) is 4.98 Å². The molecular weight excluding hydrogens is 570 g/mol. The van der Waals surface area contributed by atoms with Crippen LogP contribution in [0.4, 0.5) is 16.4 Å². The van der Waals surface area contributed by atoms with E-state index in [1.807, 2.05) is 6.07 Å². The van der Waals surface area contributed by atoms with Crippen LogP contribution in [0.2, 0.25) is 0 Å². The molecule has 3 N–H and O–H groups in total. The summed E-state index contributed by atoms with van der Waals surface area (Å²) >= 11 is 0. The molecule has 3 amide bonds. The number of carbonyl (C=O) groups is 3. The van der Waals surface area contributed by atoms with Gasteiger partial charge in [0.25, 0.3) is 11.5 Å². The van der Waals surface area contributed by atoms with Crippen molar-refractivity contribution in [1.29, 1.82) is 0 Å². The maximum Gasteiger partial charge on any atom is 0.416 e. The van der Waals surface area contributed by atoms with Crippen LogP contribution < -0.4 is 31.0 Å². The van der Waals surface area contributed by atoms with E-state index in [0.29, 0.717) is 42.4 Å². The Morgan fingerprint density at radius 2 is 1.95 bits per heavy atom. The first-order valence-electron chi connectivity index (χ1n) is 13.3. The van der Waals surface area contributed by atoms with E-state index in [1.165, 1.54) is 22.6 Å². The average Bonchev–Trinajstić information content (AvgIpc) is 3.32. The zero-order valence-corrected chi connectivity index (χ0v) is 23.5. The van der Waals surface area contributed by atoms with Gasteiger partial charge in [-0.25, -0.2) is 9.78 Å². The molecule has 1 saturated heterocycles. The van der Waals surface area contributed by atoms with E-state index in [1.54, 1.807) is 29.2 Å². The quantitative estimate of drug-likeness (QED) is 0.403. The normalized spacial score (nSPS) is 20.9. The predicted molar refractivity (Wildman–Crippen MR) is 153 cm³/mol. The van der Waals surface area contributed by atoms with Crippen molar-refractivity contribution in [2.75, 3.05) is 37.0 Å². The standard InChI is InChI=1S/C27H29N7O7.ClH/c1-39-22-8-2-15-3-9-23(36)33(26(15)31-22)11-10-32(24(37)13-28)16-4-5-17-19(12-16)41-27(38)34(17)20-7-6-18-25(29-20)30-21(35)14-40-18;/h2-3,6-9,16-17,19H,4-5,10-14,28H2,1H3,(H,29,30,35);1H/t16-,17-,19-;/m0./s1. The summed E-state index contributed by atoms with van der Waals surface area (Å²) in [6.07, 6.45) is 0.505. The number of aromatic nitrogens is 3. The Kier molecular flexibility index (Phi) is 8.18. The molecule has 0 spiro atoms. The first kappa shape index (κ1) is 29.1. The number of nitrogens with zero attached hydrogens (tertiary/aromatic N) is 5. The number of hydrogen-bond acceptors (Lipinski definition) is 10. The molecular formula is C27H30ClN7O7. The minimum absolute atomic E-state index is 0. The minimum atomic E-state index is -0.546. The Balaban J connectivity index is 0.00000353. The van der Waals surface area contributed by atoms with Crippen LogP contribution in [0.3, 0.4) is 0 Å². The zero-order chi connectivity index (χ0) is 28.7. The third-order valence-corrected chi connectivity index (χ3v) is 7.73. The van der Waals surface area contributed by atoms with Crippen LogP contribution in [-0.4, -0.2) is 82.3 Å². The van der Waals surface area contributed by atoms with Gasteiger partial charge in [0.2, 0.25) is 11.8 Å². The second-order valence-electron chi connectivity index (χ2n) is 10.1. The van der Waals surface area contributed by atoms with Crippen molar-refractivity contribution in [2.45, 2.75) is 44.0 Å². The minimum Gasteiger partial charge on any atom is -0.481 e. The molecule has 3 atom stereocenters. The number of anilines is 2. The number of rotatable bonds is 7. The van der Waals surface area contributed by atoms with Crippen LogP contribution >= 0.6 is 12.4 Å². The topological polar surface area (TPSA) is 171 Å². The van der Waals surface area contributed by atoms with Crippen LogP contribution in [0, 0.1) is 0 Å². The SMILES string of the molecule is COc1ccc2ccc(=O)n(CCN(C(=O)CN)[C@H]3CC[C@H]4[C@H](C3)OC(=O)N4c3ccc4c(n3)NC(=O)CO4)c2n1.Cl. The first-order chi connectivity index (χ1) is 19.9. The first-order valence-corrected chi connectivity index (χ1v) is 13.3. The largest absolute Gasteiger partial charge is 0.481 e. The fourth-order valence-electron chi connectivity index (χ4n) is 5.78. The van der Waals surface area contributed by atoms with Gasteiger partial charge in [-0.05, 0) is 37.1 Å². The molecule has 0 aromatic carbocycles. The molecule has 5 heterocycles. The molecule has 0 unspecified atom stereocenters. The van der Waals surface area contributed by atoms with E-state index in [9.17, 15) is 19.2 Å². The number of amides is 3. The Morgan fingerprint density at radius 1 is 1.14 bits per heavy atom. The number of methoxy groups -OCH3 is 1. The lowest BCUT2D eigenvalue weighted by Gasteiger charge is -2.39. The maximum atomic E-state index is 13.0. The van der Waals surface area contributed by atoms with Crippen LogP contribution in [0.5, 0.6) is 11.6 Å². The van der Waals surface area contributed by atoms with Crippen LogP contribution in [0.25, 0.3) is 11.0 Å². The zero-order valence-electron chi connectivity index (χ0n) is 22.7. The number of nitrogens with one attached hydrogen (secondary N) is 1. The van der Waals surface area contributed by atoms with Gasteiger partial charge in [0.15, 0.2) is 18.2 Å². The highest BCUT2D eigenvalue weighted by atomic mass is 35.5. The average molecular weight is 600 g/mol. The molecule has 14 nitrogen and oxygen atoms in total. The maximum absolute atomic E-state index is 13.0. The van der Waals surface area contributed by atoms with Gasteiger partial charge in [-0.1, -0.05) is 0 Å². The number of halogens is 1. The van der Waals surface area contributed by atoms with Crippen molar-refractivity contribution >= 4 is 53.0 Å². The van der Waals surface area contributed by atoms with Gasteiger partial charge < -0.3 is 30.2 Å². The lowest BCUT2D eigenvalue weighted by molar-refractivity contribution is -0.133. The lowest BCUT2D eigenvalue weighted by Crippen LogP contribution is -2.51. The van der Waals surface area contributed by atoms with E-state index in [0.717, 1.165) is 5.39 Å². The second-order valence-corrected chi connectivity index (χ2v) is 10.1. The number of ether oxygens (including phenoxy) is 3. The summed E-state index contributed by atoms with van der Waals surface area (Å²) in [6.45, 7) is 0.134. The van der Waals surface area contributed by atoms with E-state index in [-0.39, 0.29) is 73.9 Å². The van der Waals surface area contributed by atoms with Gasteiger partial charge in [-0.15, -0.1) is 12.4 Å². The monoisotopic (exact) mass is 599 g/mol. The summed E-state index contributed by atoms with van der Waals surface area (Å²) in [5.41, 5.74) is 5.98. The molecule has 42 heavy (non-hydrogen) atoms. The molecule has 0 radical (unpaired) electrons. The lowest BCUT2D eigenvalue weighted by atomic mass is 9.87. The van der Waals surface area contributed by atoms with E-state index in [4.69, 9.17) is 19.9 Å². The van der Waals surface area contributed by atoms with Crippen LogP contribution in [-0.2, 0) is 20.9 Å². The van der Waals surface area contributed by atoms with Crippen molar-refractivity contribution in [3.8, 4) is 11.6 Å². The second kappa shape index (κ2) is 11.8. The number of hydrogen-bond donors (Lipinski definition) is 2. The van der Waals surface area contributed by atoms with Crippen molar-refractivity contribution in [1.82, 2.24) is 19.4 Å². The molecule has 3 aliphatic rings. The number of carbonyl (C=O) groups excluding carboxylic acids is 3. The van der Waals surface area contributed by atoms with Crippen molar-refractivity contribution in [3.63, 3.8) is 0 Å². The highest BCUT2D eigenvalue weighted by Gasteiger charge is 2.48. The molecule has 222 valence electrons. The third-order valence-electron chi connectivity index (χ3n) is 7.73. The molecule has 3 aromatic heterocycles. The number of fused-ring (bicyclic) bond motifs is 3. The highest BCUT2D eigenvalue weighted by Crippen LogP contribution is 2.38. The summed E-state index contributed by atoms with van der Waals surface area (Å²) in [4.78, 5) is 62.5. The Bertz CT molecular complexity index is 1600. The smallest absolute Gasteiger partial charge is 0.416 e. The molecule has 1 aliphatic carbocycles. The van der Waals surface area contributed by atoms with Crippen LogP contribution in [0.15, 0.2) is 41.2 Å².